The molecular weight excluding hydrogens is 378 g/mol. The molecule has 4 aliphatic carbocycles. The van der Waals surface area contributed by atoms with Gasteiger partial charge in [-0.1, -0.05) is 26.5 Å². The van der Waals surface area contributed by atoms with Crippen molar-refractivity contribution in [3.05, 3.63) is 35.6 Å². The Hall–Kier alpha value is -1.85. The number of fused-ring (bicyclic) bond motifs is 1. The lowest BCUT2D eigenvalue weighted by Crippen LogP contribution is -2.76. The molecule has 0 aromatic heterocycles. The summed E-state index contributed by atoms with van der Waals surface area (Å²) >= 11 is 0. The van der Waals surface area contributed by atoms with Crippen molar-refractivity contribution in [1.82, 2.24) is 4.90 Å². The number of carbonyl (C=O) groups is 1. The van der Waals surface area contributed by atoms with Crippen LogP contribution in [0.5, 0.6) is 11.5 Å². The fourth-order valence-corrected chi connectivity index (χ4v) is 7.71. The SMILES string of the molecule is C=C(Oc1ccc2c3c1O[C@H]1C(=O)CC[C@@]4(O)C5N(CC6CC6)CC25CC314)C(C)C. The van der Waals surface area contributed by atoms with Crippen molar-refractivity contribution in [3.63, 3.8) is 0 Å². The standard InChI is InChI=1S/C25H29NO4/c1-13(2)14(3)29-18-7-6-16-19-20(18)30-21-17(27)8-9-25(28)22-23(16,11-24(19,21)25)12-26(22)10-15-4-5-15/h6-7,13,15,21-22,28H,3-5,8-12H2,1-2H3/t21-,22?,23?,24?,25+/m0/s1. The molecule has 4 fully saturated rings. The van der Waals surface area contributed by atoms with Gasteiger partial charge in [0, 0.05) is 36.4 Å². The lowest BCUT2D eigenvalue weighted by Gasteiger charge is -2.61. The van der Waals surface area contributed by atoms with Gasteiger partial charge in [-0.05, 0) is 43.2 Å². The molecule has 5 heteroatoms. The van der Waals surface area contributed by atoms with Crippen LogP contribution < -0.4 is 9.47 Å². The summed E-state index contributed by atoms with van der Waals surface area (Å²) in [5, 5.41) is 12.3. The van der Waals surface area contributed by atoms with E-state index in [1.54, 1.807) is 0 Å². The zero-order valence-electron chi connectivity index (χ0n) is 17.7. The molecule has 2 aliphatic heterocycles. The highest BCUT2D eigenvalue weighted by Crippen LogP contribution is 2.77. The van der Waals surface area contributed by atoms with Crippen molar-refractivity contribution in [1.29, 1.82) is 0 Å². The lowest BCUT2D eigenvalue weighted by molar-refractivity contribution is -0.168. The van der Waals surface area contributed by atoms with Crippen LogP contribution in [-0.2, 0) is 15.6 Å². The Morgan fingerprint density at radius 2 is 2.20 bits per heavy atom. The lowest BCUT2D eigenvalue weighted by atomic mass is 9.55. The monoisotopic (exact) mass is 407 g/mol. The van der Waals surface area contributed by atoms with Gasteiger partial charge in [-0.25, -0.2) is 0 Å². The van der Waals surface area contributed by atoms with E-state index in [-0.39, 0.29) is 23.2 Å². The average Bonchev–Trinajstić information content (AvgIpc) is 3.30. The smallest absolute Gasteiger partial charge is 0.174 e. The second-order valence-corrected chi connectivity index (χ2v) is 11.0. The topological polar surface area (TPSA) is 59.0 Å². The Balaban J connectivity index is 1.40. The second-order valence-electron chi connectivity index (χ2n) is 11.0. The Morgan fingerprint density at radius 1 is 1.40 bits per heavy atom. The molecule has 2 bridgehead atoms. The third-order valence-corrected chi connectivity index (χ3v) is 9.10. The van der Waals surface area contributed by atoms with Gasteiger partial charge in [-0.2, -0.15) is 0 Å². The van der Waals surface area contributed by atoms with E-state index in [0.717, 1.165) is 31.0 Å². The van der Waals surface area contributed by atoms with Crippen molar-refractivity contribution < 1.29 is 19.4 Å². The van der Waals surface area contributed by atoms with E-state index in [2.05, 4.69) is 17.5 Å². The predicted molar refractivity (Wildman–Crippen MR) is 111 cm³/mol. The van der Waals surface area contributed by atoms with E-state index >= 15 is 0 Å². The van der Waals surface area contributed by atoms with Gasteiger partial charge in [-0.3, -0.25) is 9.69 Å². The zero-order valence-corrected chi connectivity index (χ0v) is 17.7. The Labute approximate surface area is 177 Å². The molecule has 6 aliphatic rings. The van der Waals surface area contributed by atoms with Crippen LogP contribution in [-0.4, -0.2) is 46.6 Å². The number of hydrogen-bond donors (Lipinski definition) is 1. The first-order chi connectivity index (χ1) is 14.3. The number of rotatable bonds is 5. The number of carbonyl (C=O) groups excluding carboxylic acids is 1. The minimum absolute atomic E-state index is 0.0477. The first kappa shape index (κ1) is 17.8. The number of hydrogen-bond acceptors (Lipinski definition) is 5. The van der Waals surface area contributed by atoms with Crippen LogP contribution in [0.2, 0.25) is 0 Å². The summed E-state index contributed by atoms with van der Waals surface area (Å²) < 4.78 is 12.5. The molecule has 30 heavy (non-hydrogen) atoms. The quantitative estimate of drug-likeness (QED) is 0.761. The number of likely N-dealkylation sites (tertiary alicyclic amines) is 1. The number of ketones is 1. The van der Waals surface area contributed by atoms with Crippen LogP contribution in [0.25, 0.3) is 0 Å². The average molecular weight is 408 g/mol. The van der Waals surface area contributed by atoms with Crippen LogP contribution in [0.15, 0.2) is 24.5 Å². The van der Waals surface area contributed by atoms with E-state index in [1.165, 1.54) is 18.4 Å². The van der Waals surface area contributed by atoms with Crippen LogP contribution in [0.1, 0.15) is 57.1 Å². The maximum absolute atomic E-state index is 13.1. The second kappa shape index (κ2) is 5.13. The molecule has 158 valence electrons. The molecule has 3 unspecified atom stereocenters. The van der Waals surface area contributed by atoms with Crippen LogP contribution >= 0.6 is 0 Å². The van der Waals surface area contributed by atoms with Gasteiger partial charge in [0.05, 0.1) is 22.8 Å². The molecule has 7 rings (SSSR count). The van der Waals surface area contributed by atoms with Gasteiger partial charge in [0.15, 0.2) is 23.4 Å². The van der Waals surface area contributed by atoms with Gasteiger partial charge in [0.25, 0.3) is 0 Å². The molecule has 1 aromatic carbocycles. The van der Waals surface area contributed by atoms with Crippen LogP contribution in [0.4, 0.5) is 0 Å². The first-order valence-corrected chi connectivity index (χ1v) is 11.5. The van der Waals surface area contributed by atoms with Gasteiger partial charge in [0.1, 0.15) is 0 Å². The highest BCUT2D eigenvalue weighted by molar-refractivity contribution is 5.91. The van der Waals surface area contributed by atoms with E-state index in [4.69, 9.17) is 9.47 Å². The van der Waals surface area contributed by atoms with Gasteiger partial charge >= 0.3 is 0 Å². The number of allylic oxidation sites excluding steroid dienone is 1. The van der Waals surface area contributed by atoms with Gasteiger partial charge in [0.2, 0.25) is 0 Å². The summed E-state index contributed by atoms with van der Waals surface area (Å²) in [6, 6.07) is 4.29. The first-order valence-electron chi connectivity index (χ1n) is 11.5. The molecule has 1 aromatic rings. The van der Waals surface area contributed by atoms with Crippen molar-refractivity contribution in [3.8, 4) is 11.5 Å². The summed E-state index contributed by atoms with van der Waals surface area (Å²) in [5.74, 6) is 3.11. The molecule has 2 heterocycles. The van der Waals surface area contributed by atoms with Crippen LogP contribution in [0.3, 0.4) is 0 Å². The predicted octanol–water partition coefficient (Wildman–Crippen LogP) is 3.08. The summed E-state index contributed by atoms with van der Waals surface area (Å²) in [5.41, 5.74) is 0.797. The Kier molecular flexibility index (Phi) is 3.04. The normalized spacial score (nSPS) is 42.1. The van der Waals surface area contributed by atoms with E-state index in [0.29, 0.717) is 30.1 Å². The van der Waals surface area contributed by atoms with E-state index in [9.17, 15) is 9.90 Å². The van der Waals surface area contributed by atoms with Crippen molar-refractivity contribution in [2.45, 2.75) is 74.5 Å². The maximum atomic E-state index is 13.1. The minimum atomic E-state index is -0.898. The highest BCUT2D eigenvalue weighted by Gasteiger charge is 2.86. The fourth-order valence-electron chi connectivity index (χ4n) is 7.71. The van der Waals surface area contributed by atoms with Gasteiger partial charge < -0.3 is 14.6 Å². The highest BCUT2D eigenvalue weighted by atomic mass is 16.5. The zero-order chi connectivity index (χ0) is 20.6. The minimum Gasteiger partial charge on any atom is -0.477 e. The van der Waals surface area contributed by atoms with E-state index < -0.39 is 17.1 Å². The summed E-state index contributed by atoms with van der Waals surface area (Å²) in [6.45, 7) is 10.2. The summed E-state index contributed by atoms with van der Waals surface area (Å²) in [7, 11) is 0. The molecule has 1 N–H and O–H groups in total. The molecular formula is C25H29NO4. The molecule has 0 radical (unpaired) electrons. The van der Waals surface area contributed by atoms with Crippen LogP contribution in [0, 0.1) is 11.8 Å². The number of nitrogens with zero attached hydrogens (tertiary/aromatic N) is 1. The fraction of sp³-hybridized carbons (Fsp3) is 0.640. The molecule has 5 atom stereocenters. The molecule has 5 nitrogen and oxygen atoms in total. The van der Waals surface area contributed by atoms with Crippen molar-refractivity contribution >= 4 is 5.78 Å². The summed E-state index contributed by atoms with van der Waals surface area (Å²) in [6.07, 6.45) is 3.80. The number of Topliss-reactive ketones (excluding diaryl/α,β-unsaturated/α-hetero) is 1. The number of aliphatic hydroxyl groups is 1. The Morgan fingerprint density at radius 3 is 2.93 bits per heavy atom. The Bertz CT molecular complexity index is 1030. The third-order valence-electron chi connectivity index (χ3n) is 9.10. The largest absolute Gasteiger partial charge is 0.477 e. The maximum Gasteiger partial charge on any atom is 0.174 e. The van der Waals surface area contributed by atoms with Crippen molar-refractivity contribution in [2.24, 2.45) is 11.8 Å². The van der Waals surface area contributed by atoms with Gasteiger partial charge in [-0.15, -0.1) is 0 Å². The molecule has 0 amide bonds. The molecule has 1 saturated heterocycles. The molecule has 2 spiro atoms. The molecule has 3 saturated carbocycles. The summed E-state index contributed by atoms with van der Waals surface area (Å²) in [4.78, 5) is 15.6. The third kappa shape index (κ3) is 1.72. The number of ether oxygens (including phenoxy) is 2. The number of benzene rings is 1. The van der Waals surface area contributed by atoms with Crippen molar-refractivity contribution in [2.75, 3.05) is 13.1 Å². The van der Waals surface area contributed by atoms with E-state index in [1.807, 2.05) is 19.9 Å².